The van der Waals surface area contributed by atoms with E-state index in [1.807, 2.05) is 0 Å². The van der Waals surface area contributed by atoms with Crippen LogP contribution < -0.4 is 10.4 Å². The molecule has 0 nitrogen and oxygen atoms in total. The van der Waals surface area contributed by atoms with Gasteiger partial charge in [0.25, 0.3) is 0 Å². The van der Waals surface area contributed by atoms with Crippen molar-refractivity contribution in [2.45, 2.75) is 6.42 Å². The molecule has 1 aliphatic rings. The molecule has 0 aliphatic heterocycles. The van der Waals surface area contributed by atoms with Gasteiger partial charge in [-0.05, 0) is 38.4 Å². The van der Waals surface area contributed by atoms with E-state index in [1.165, 1.54) is 32.0 Å². The molecule has 0 N–H and O–H groups in total. The molecule has 0 fully saturated rings. The van der Waals surface area contributed by atoms with Gasteiger partial charge in [-0.25, -0.2) is 0 Å². The first-order valence-electron chi connectivity index (χ1n) is 6.72. The minimum absolute atomic E-state index is 1.01. The standard InChI is InChI=1S/C19H14/c1-2-8-14-15(9-3-1)17-11-5-7-13-19(17)18-12-6-4-10-16(14)18/h1-2,4-13H,3H2. The third-order valence-corrected chi connectivity index (χ3v) is 3.87. The lowest BCUT2D eigenvalue weighted by Crippen LogP contribution is -2.25. The van der Waals surface area contributed by atoms with Crippen molar-refractivity contribution in [1.82, 2.24) is 0 Å². The maximum Gasteiger partial charge on any atom is -0.00990 e. The monoisotopic (exact) mass is 242 g/mol. The number of hydrogen-bond acceptors (Lipinski definition) is 0. The van der Waals surface area contributed by atoms with Crippen LogP contribution in [0.4, 0.5) is 0 Å². The molecule has 0 unspecified atom stereocenters. The summed E-state index contributed by atoms with van der Waals surface area (Å²) >= 11 is 0. The summed E-state index contributed by atoms with van der Waals surface area (Å²) in [5.74, 6) is 0. The van der Waals surface area contributed by atoms with Gasteiger partial charge in [-0.3, -0.25) is 0 Å². The molecule has 3 aromatic rings. The van der Waals surface area contributed by atoms with Crippen molar-refractivity contribution in [1.29, 1.82) is 0 Å². The second-order valence-corrected chi connectivity index (χ2v) is 4.95. The zero-order chi connectivity index (χ0) is 12.7. The Morgan fingerprint density at radius 3 is 1.89 bits per heavy atom. The van der Waals surface area contributed by atoms with Crippen LogP contribution in [0, 0.1) is 0 Å². The molecule has 0 heteroatoms. The van der Waals surface area contributed by atoms with Gasteiger partial charge < -0.3 is 0 Å². The van der Waals surface area contributed by atoms with Gasteiger partial charge in [0.2, 0.25) is 0 Å². The molecule has 0 saturated heterocycles. The topological polar surface area (TPSA) is 0 Å². The van der Waals surface area contributed by atoms with Crippen LogP contribution in [0.25, 0.3) is 33.7 Å². The summed E-state index contributed by atoms with van der Waals surface area (Å²) in [6, 6.07) is 17.4. The summed E-state index contributed by atoms with van der Waals surface area (Å²) in [6.07, 6.45) is 9.97. The van der Waals surface area contributed by atoms with E-state index in [0.29, 0.717) is 0 Å². The van der Waals surface area contributed by atoms with Crippen molar-refractivity contribution in [3.63, 3.8) is 0 Å². The van der Waals surface area contributed by atoms with Crippen LogP contribution in [-0.4, -0.2) is 0 Å². The summed E-state index contributed by atoms with van der Waals surface area (Å²) < 4.78 is 0. The largest absolute Gasteiger partial charge is 0.0807 e. The van der Waals surface area contributed by atoms with Crippen molar-refractivity contribution >= 4 is 33.7 Å². The minimum Gasteiger partial charge on any atom is -0.0807 e. The Morgan fingerprint density at radius 1 is 0.632 bits per heavy atom. The molecule has 0 radical (unpaired) electrons. The first-order valence-corrected chi connectivity index (χ1v) is 6.72. The van der Waals surface area contributed by atoms with E-state index in [9.17, 15) is 0 Å². The average molecular weight is 242 g/mol. The quantitative estimate of drug-likeness (QED) is 0.529. The molecule has 0 heterocycles. The van der Waals surface area contributed by atoms with Crippen LogP contribution in [0.15, 0.2) is 60.7 Å². The van der Waals surface area contributed by atoms with E-state index in [0.717, 1.165) is 6.42 Å². The molecule has 0 saturated carbocycles. The van der Waals surface area contributed by atoms with Crippen molar-refractivity contribution in [2.75, 3.05) is 0 Å². The maximum atomic E-state index is 2.34. The van der Waals surface area contributed by atoms with Gasteiger partial charge in [0.15, 0.2) is 0 Å². The number of rotatable bonds is 0. The van der Waals surface area contributed by atoms with Gasteiger partial charge in [0.05, 0.1) is 0 Å². The summed E-state index contributed by atoms with van der Waals surface area (Å²) in [6.45, 7) is 0. The van der Waals surface area contributed by atoms with Crippen molar-refractivity contribution in [3.05, 3.63) is 71.1 Å². The predicted octanol–water partition coefficient (Wildman–Crippen LogP) is 3.51. The van der Waals surface area contributed by atoms with Crippen LogP contribution in [0.2, 0.25) is 0 Å². The Morgan fingerprint density at radius 2 is 1.21 bits per heavy atom. The number of allylic oxidation sites excluding steroid dienone is 2. The molecule has 0 bridgehead atoms. The maximum absolute atomic E-state index is 2.34. The zero-order valence-electron chi connectivity index (χ0n) is 10.6. The third-order valence-electron chi connectivity index (χ3n) is 3.87. The Kier molecular flexibility index (Phi) is 2.28. The van der Waals surface area contributed by atoms with E-state index in [1.54, 1.807) is 0 Å². The Labute approximate surface area is 112 Å². The fraction of sp³-hybridized carbons (Fsp3) is 0.0526. The van der Waals surface area contributed by atoms with E-state index in [4.69, 9.17) is 0 Å². The normalized spacial score (nSPS) is 13.7. The van der Waals surface area contributed by atoms with Gasteiger partial charge in [-0.2, -0.15) is 0 Å². The SMILES string of the molecule is C1=CCC=c2c(c3ccccc3c3ccccc23)=C1. The summed E-state index contributed by atoms with van der Waals surface area (Å²) in [5, 5.41) is 8.12. The smallest absolute Gasteiger partial charge is 0.00990 e. The van der Waals surface area contributed by atoms with E-state index >= 15 is 0 Å². The van der Waals surface area contributed by atoms with Gasteiger partial charge >= 0.3 is 0 Å². The first-order chi connectivity index (χ1) is 9.45. The summed E-state index contributed by atoms with van der Waals surface area (Å²) in [4.78, 5) is 0. The minimum atomic E-state index is 1.01. The van der Waals surface area contributed by atoms with Crippen LogP contribution >= 0.6 is 0 Å². The number of hydrogen-bond donors (Lipinski definition) is 0. The molecule has 0 atom stereocenters. The van der Waals surface area contributed by atoms with Gasteiger partial charge in [-0.15, -0.1) is 0 Å². The molecule has 4 rings (SSSR count). The third kappa shape index (κ3) is 1.53. The lowest BCUT2D eigenvalue weighted by molar-refractivity contribution is 1.49. The van der Waals surface area contributed by atoms with Crippen LogP contribution in [-0.2, 0) is 0 Å². The lowest BCUT2D eigenvalue weighted by Gasteiger charge is -2.06. The Balaban J connectivity index is 2.44. The highest BCUT2D eigenvalue weighted by Gasteiger charge is 2.04. The molecule has 0 spiro atoms. The molecule has 19 heavy (non-hydrogen) atoms. The van der Waals surface area contributed by atoms with Gasteiger partial charge in [0.1, 0.15) is 0 Å². The molecule has 1 aliphatic carbocycles. The second-order valence-electron chi connectivity index (χ2n) is 4.95. The lowest BCUT2D eigenvalue weighted by atomic mass is 9.97. The number of fused-ring (bicyclic) bond motifs is 6. The molecule has 0 aromatic heterocycles. The highest BCUT2D eigenvalue weighted by Crippen LogP contribution is 2.20. The fourth-order valence-corrected chi connectivity index (χ4v) is 3.02. The number of benzene rings is 3. The first kappa shape index (κ1) is 10.6. The van der Waals surface area contributed by atoms with Crippen LogP contribution in [0.3, 0.4) is 0 Å². The molecule has 3 aromatic carbocycles. The second kappa shape index (κ2) is 4.10. The van der Waals surface area contributed by atoms with Crippen molar-refractivity contribution in [3.8, 4) is 0 Å². The molecular weight excluding hydrogens is 228 g/mol. The molecular formula is C19H14. The van der Waals surface area contributed by atoms with Gasteiger partial charge in [-0.1, -0.05) is 72.8 Å². The Bertz CT molecular complexity index is 927. The average Bonchev–Trinajstić information content (AvgIpc) is 2.73. The highest BCUT2D eigenvalue weighted by atomic mass is 14.1. The van der Waals surface area contributed by atoms with Crippen LogP contribution in [0.5, 0.6) is 0 Å². The Hall–Kier alpha value is -2.34. The molecule has 0 amide bonds. The summed E-state index contributed by atoms with van der Waals surface area (Å²) in [7, 11) is 0. The van der Waals surface area contributed by atoms with E-state index in [2.05, 4.69) is 72.8 Å². The van der Waals surface area contributed by atoms with Crippen molar-refractivity contribution < 1.29 is 0 Å². The van der Waals surface area contributed by atoms with E-state index < -0.39 is 0 Å². The fourth-order valence-electron chi connectivity index (χ4n) is 3.02. The zero-order valence-corrected chi connectivity index (χ0v) is 10.6. The van der Waals surface area contributed by atoms with Crippen molar-refractivity contribution in [2.24, 2.45) is 0 Å². The predicted molar refractivity (Wildman–Crippen MR) is 83.4 cm³/mol. The van der Waals surface area contributed by atoms with E-state index in [-0.39, 0.29) is 0 Å². The van der Waals surface area contributed by atoms with Gasteiger partial charge in [0, 0.05) is 0 Å². The highest BCUT2D eigenvalue weighted by molar-refractivity contribution is 6.08. The van der Waals surface area contributed by atoms with Crippen LogP contribution in [0.1, 0.15) is 6.42 Å². The molecule has 90 valence electrons. The summed E-state index contributed by atoms with van der Waals surface area (Å²) in [5.41, 5.74) is 0.